The first-order valence-corrected chi connectivity index (χ1v) is 6.48. The molecule has 0 aromatic carbocycles. The molecule has 2 heterocycles. The minimum Gasteiger partial charge on any atom is -0.337 e. The fourth-order valence-corrected chi connectivity index (χ4v) is 2.25. The van der Waals surface area contributed by atoms with Gasteiger partial charge in [0.2, 0.25) is 0 Å². The zero-order valence-electron chi connectivity index (χ0n) is 11.0. The number of nitrogens with zero attached hydrogens (tertiary/aromatic N) is 3. The van der Waals surface area contributed by atoms with Crippen molar-refractivity contribution >= 4 is 11.6 Å². The Hall–Kier alpha value is -1.89. The standard InChI is InChI=1S/C12H18N4O3/c1-2-14-9-10(16(18)19)8-11(14)12(17)15-6-3-4-13-5-7-15/h8-9,13H,2-7H2,1H3. The molecule has 0 unspecified atom stereocenters. The molecular weight excluding hydrogens is 248 g/mol. The van der Waals surface area contributed by atoms with Crippen molar-refractivity contribution in [1.29, 1.82) is 0 Å². The molecule has 1 aromatic rings. The van der Waals surface area contributed by atoms with Crippen LogP contribution in [0.4, 0.5) is 5.69 Å². The van der Waals surface area contributed by atoms with Crippen LogP contribution in [-0.2, 0) is 6.54 Å². The molecule has 2 rings (SSSR count). The van der Waals surface area contributed by atoms with E-state index in [9.17, 15) is 14.9 Å². The van der Waals surface area contributed by atoms with Crippen LogP contribution < -0.4 is 5.32 Å². The van der Waals surface area contributed by atoms with Gasteiger partial charge in [0, 0.05) is 32.2 Å². The lowest BCUT2D eigenvalue weighted by Crippen LogP contribution is -2.35. The third kappa shape index (κ3) is 2.93. The van der Waals surface area contributed by atoms with Crippen molar-refractivity contribution in [2.75, 3.05) is 26.2 Å². The van der Waals surface area contributed by atoms with Gasteiger partial charge in [0.05, 0.1) is 11.1 Å². The van der Waals surface area contributed by atoms with Gasteiger partial charge in [-0.25, -0.2) is 0 Å². The van der Waals surface area contributed by atoms with Gasteiger partial charge in [-0.15, -0.1) is 0 Å². The van der Waals surface area contributed by atoms with Crippen LogP contribution in [0.3, 0.4) is 0 Å². The molecule has 1 aromatic heterocycles. The summed E-state index contributed by atoms with van der Waals surface area (Å²) in [6.45, 7) is 5.40. The Balaban J connectivity index is 2.23. The molecule has 104 valence electrons. The SMILES string of the molecule is CCn1cc([N+](=O)[O-])cc1C(=O)N1CCCNCC1. The zero-order valence-corrected chi connectivity index (χ0v) is 11.0. The maximum absolute atomic E-state index is 12.4. The first-order chi connectivity index (χ1) is 9.13. The van der Waals surface area contributed by atoms with Crippen molar-refractivity contribution in [3.05, 3.63) is 28.1 Å². The summed E-state index contributed by atoms with van der Waals surface area (Å²) in [6.07, 6.45) is 2.32. The van der Waals surface area contributed by atoms with Crippen LogP contribution in [-0.4, -0.2) is 46.5 Å². The second kappa shape index (κ2) is 5.83. The summed E-state index contributed by atoms with van der Waals surface area (Å²) >= 11 is 0. The van der Waals surface area contributed by atoms with Crippen LogP contribution in [0.5, 0.6) is 0 Å². The van der Waals surface area contributed by atoms with E-state index in [0.717, 1.165) is 19.5 Å². The first kappa shape index (κ1) is 13.5. The van der Waals surface area contributed by atoms with Crippen molar-refractivity contribution in [2.45, 2.75) is 19.9 Å². The van der Waals surface area contributed by atoms with Crippen LogP contribution in [0.2, 0.25) is 0 Å². The Kier molecular flexibility index (Phi) is 4.16. The monoisotopic (exact) mass is 266 g/mol. The van der Waals surface area contributed by atoms with E-state index < -0.39 is 4.92 Å². The van der Waals surface area contributed by atoms with E-state index in [-0.39, 0.29) is 11.6 Å². The number of rotatable bonds is 3. The first-order valence-electron chi connectivity index (χ1n) is 6.48. The fraction of sp³-hybridized carbons (Fsp3) is 0.583. The maximum atomic E-state index is 12.4. The third-order valence-corrected chi connectivity index (χ3v) is 3.28. The number of aromatic nitrogens is 1. The van der Waals surface area contributed by atoms with Crippen LogP contribution in [0.15, 0.2) is 12.3 Å². The lowest BCUT2D eigenvalue weighted by Gasteiger charge is -2.20. The molecule has 1 amide bonds. The molecule has 7 heteroatoms. The highest BCUT2D eigenvalue weighted by Crippen LogP contribution is 2.18. The van der Waals surface area contributed by atoms with Crippen molar-refractivity contribution in [3.63, 3.8) is 0 Å². The van der Waals surface area contributed by atoms with Gasteiger partial charge < -0.3 is 14.8 Å². The maximum Gasteiger partial charge on any atom is 0.287 e. The number of hydrogen-bond donors (Lipinski definition) is 1. The van der Waals surface area contributed by atoms with Gasteiger partial charge in [0.1, 0.15) is 5.69 Å². The van der Waals surface area contributed by atoms with Crippen molar-refractivity contribution in [3.8, 4) is 0 Å². The molecule has 1 saturated heterocycles. The molecule has 0 atom stereocenters. The molecule has 1 N–H and O–H groups in total. The largest absolute Gasteiger partial charge is 0.337 e. The zero-order chi connectivity index (χ0) is 13.8. The van der Waals surface area contributed by atoms with Gasteiger partial charge in [-0.05, 0) is 19.9 Å². The van der Waals surface area contributed by atoms with Crippen molar-refractivity contribution in [2.24, 2.45) is 0 Å². The highest BCUT2D eigenvalue weighted by atomic mass is 16.6. The van der Waals surface area contributed by atoms with E-state index in [1.807, 2.05) is 6.92 Å². The van der Waals surface area contributed by atoms with Gasteiger partial charge in [0.25, 0.3) is 11.6 Å². The van der Waals surface area contributed by atoms with Gasteiger partial charge in [0.15, 0.2) is 0 Å². The average Bonchev–Trinajstić information content (AvgIpc) is 2.65. The molecule has 0 radical (unpaired) electrons. The molecule has 1 fully saturated rings. The van der Waals surface area contributed by atoms with E-state index in [0.29, 0.717) is 25.3 Å². The van der Waals surface area contributed by atoms with E-state index in [2.05, 4.69) is 5.32 Å². The van der Waals surface area contributed by atoms with Crippen molar-refractivity contribution < 1.29 is 9.72 Å². The Morgan fingerprint density at radius 1 is 1.47 bits per heavy atom. The molecule has 0 saturated carbocycles. The lowest BCUT2D eigenvalue weighted by molar-refractivity contribution is -0.384. The molecule has 1 aliphatic rings. The summed E-state index contributed by atoms with van der Waals surface area (Å²) in [5.74, 6) is -0.126. The average molecular weight is 266 g/mol. The summed E-state index contributed by atoms with van der Waals surface area (Å²) < 4.78 is 1.64. The number of aryl methyl sites for hydroxylation is 1. The summed E-state index contributed by atoms with van der Waals surface area (Å²) in [5, 5.41) is 14.0. The number of carbonyl (C=O) groups excluding carboxylic acids is 1. The second-order valence-electron chi connectivity index (χ2n) is 4.52. The lowest BCUT2D eigenvalue weighted by atomic mass is 10.3. The predicted octanol–water partition coefficient (Wildman–Crippen LogP) is 0.852. The normalized spacial score (nSPS) is 16.2. The minimum absolute atomic E-state index is 0.0295. The highest BCUT2D eigenvalue weighted by molar-refractivity contribution is 5.93. The van der Waals surface area contributed by atoms with Gasteiger partial charge >= 0.3 is 0 Å². The van der Waals surface area contributed by atoms with Crippen LogP contribution >= 0.6 is 0 Å². The summed E-state index contributed by atoms with van der Waals surface area (Å²) in [7, 11) is 0. The smallest absolute Gasteiger partial charge is 0.287 e. The molecular formula is C12H18N4O3. The van der Waals surface area contributed by atoms with E-state index in [1.165, 1.54) is 12.3 Å². The van der Waals surface area contributed by atoms with Gasteiger partial charge in [-0.2, -0.15) is 0 Å². The predicted molar refractivity (Wildman–Crippen MR) is 70.2 cm³/mol. The van der Waals surface area contributed by atoms with Crippen LogP contribution in [0.25, 0.3) is 0 Å². The Bertz CT molecular complexity index is 475. The quantitative estimate of drug-likeness (QED) is 0.649. The van der Waals surface area contributed by atoms with E-state index >= 15 is 0 Å². The number of nitrogens with one attached hydrogen (secondary N) is 1. The summed E-state index contributed by atoms with van der Waals surface area (Å²) in [4.78, 5) is 24.5. The molecule has 0 spiro atoms. The molecule has 19 heavy (non-hydrogen) atoms. The molecule has 1 aliphatic heterocycles. The Labute approximate surface area is 111 Å². The van der Waals surface area contributed by atoms with Crippen molar-refractivity contribution in [1.82, 2.24) is 14.8 Å². The third-order valence-electron chi connectivity index (χ3n) is 3.28. The van der Waals surface area contributed by atoms with Gasteiger partial charge in [-0.1, -0.05) is 0 Å². The number of nitro groups is 1. The number of hydrogen-bond acceptors (Lipinski definition) is 4. The topological polar surface area (TPSA) is 80.4 Å². The Morgan fingerprint density at radius 2 is 2.26 bits per heavy atom. The van der Waals surface area contributed by atoms with Crippen LogP contribution in [0, 0.1) is 10.1 Å². The molecule has 0 aliphatic carbocycles. The summed E-state index contributed by atoms with van der Waals surface area (Å²) in [5.41, 5.74) is 0.370. The summed E-state index contributed by atoms with van der Waals surface area (Å²) in [6, 6.07) is 1.37. The fourth-order valence-electron chi connectivity index (χ4n) is 2.25. The van der Waals surface area contributed by atoms with Crippen LogP contribution in [0.1, 0.15) is 23.8 Å². The molecule has 7 nitrogen and oxygen atoms in total. The number of amides is 1. The highest BCUT2D eigenvalue weighted by Gasteiger charge is 2.23. The second-order valence-corrected chi connectivity index (χ2v) is 4.52. The van der Waals surface area contributed by atoms with Gasteiger partial charge in [-0.3, -0.25) is 14.9 Å². The van der Waals surface area contributed by atoms with E-state index in [4.69, 9.17) is 0 Å². The minimum atomic E-state index is -0.465. The molecule has 0 bridgehead atoms. The number of carbonyl (C=O) groups is 1. The Morgan fingerprint density at radius 3 is 2.95 bits per heavy atom. The van der Waals surface area contributed by atoms with E-state index in [1.54, 1.807) is 9.47 Å².